The Kier molecular flexibility index (Phi) is 3.28. The minimum atomic E-state index is -0.291. The standard InChI is InChI=1S/C16H9FN2S/c17-13-7-5-11(6-8-13)9-12(10-18)16-19-14-3-1-2-4-15(14)20-16/h1-9H. The number of para-hydroxylation sites is 1. The van der Waals surface area contributed by atoms with Gasteiger partial charge in [0.05, 0.1) is 15.8 Å². The van der Waals surface area contributed by atoms with Crippen molar-refractivity contribution in [3.8, 4) is 6.07 Å². The van der Waals surface area contributed by atoms with Gasteiger partial charge in [0.1, 0.15) is 16.9 Å². The first-order valence-electron chi connectivity index (χ1n) is 5.99. The van der Waals surface area contributed by atoms with Gasteiger partial charge in [-0.1, -0.05) is 24.3 Å². The fourth-order valence-corrected chi connectivity index (χ4v) is 2.79. The number of hydrogen-bond acceptors (Lipinski definition) is 3. The van der Waals surface area contributed by atoms with Crippen molar-refractivity contribution < 1.29 is 4.39 Å². The highest BCUT2D eigenvalue weighted by molar-refractivity contribution is 7.19. The van der Waals surface area contributed by atoms with Gasteiger partial charge in [-0.3, -0.25) is 0 Å². The molecule has 20 heavy (non-hydrogen) atoms. The highest BCUT2D eigenvalue weighted by atomic mass is 32.1. The second-order valence-electron chi connectivity index (χ2n) is 4.21. The topological polar surface area (TPSA) is 36.7 Å². The van der Waals surface area contributed by atoms with Crippen molar-refractivity contribution in [2.45, 2.75) is 0 Å². The molecule has 96 valence electrons. The molecule has 3 rings (SSSR count). The van der Waals surface area contributed by atoms with Crippen LogP contribution in [0.3, 0.4) is 0 Å². The van der Waals surface area contributed by atoms with Crippen molar-refractivity contribution in [3.05, 3.63) is 64.9 Å². The van der Waals surface area contributed by atoms with E-state index in [2.05, 4.69) is 11.1 Å². The number of nitriles is 1. The van der Waals surface area contributed by atoms with E-state index in [1.807, 2.05) is 24.3 Å². The quantitative estimate of drug-likeness (QED) is 0.648. The van der Waals surface area contributed by atoms with E-state index in [1.165, 1.54) is 23.5 Å². The number of nitrogens with zero attached hydrogens (tertiary/aromatic N) is 2. The van der Waals surface area contributed by atoms with Gasteiger partial charge < -0.3 is 0 Å². The molecule has 1 aromatic heterocycles. The molecule has 0 saturated carbocycles. The van der Waals surface area contributed by atoms with Crippen LogP contribution in [0.25, 0.3) is 21.9 Å². The maximum Gasteiger partial charge on any atom is 0.135 e. The third-order valence-electron chi connectivity index (χ3n) is 2.83. The van der Waals surface area contributed by atoms with E-state index in [4.69, 9.17) is 0 Å². The Labute approximate surface area is 119 Å². The van der Waals surface area contributed by atoms with Gasteiger partial charge in [-0.25, -0.2) is 9.37 Å². The molecule has 0 unspecified atom stereocenters. The van der Waals surface area contributed by atoms with E-state index in [9.17, 15) is 9.65 Å². The lowest BCUT2D eigenvalue weighted by Crippen LogP contribution is -1.81. The van der Waals surface area contributed by atoms with Crippen LogP contribution in [0.15, 0.2) is 48.5 Å². The fourth-order valence-electron chi connectivity index (χ4n) is 1.85. The molecule has 0 aliphatic heterocycles. The summed E-state index contributed by atoms with van der Waals surface area (Å²) in [6.07, 6.45) is 1.72. The summed E-state index contributed by atoms with van der Waals surface area (Å²) in [7, 11) is 0. The largest absolute Gasteiger partial charge is 0.235 e. The average molecular weight is 280 g/mol. The van der Waals surface area contributed by atoms with E-state index in [1.54, 1.807) is 18.2 Å². The van der Waals surface area contributed by atoms with Crippen molar-refractivity contribution in [2.24, 2.45) is 0 Å². The number of benzene rings is 2. The van der Waals surface area contributed by atoms with Crippen molar-refractivity contribution in [2.75, 3.05) is 0 Å². The van der Waals surface area contributed by atoms with Crippen LogP contribution in [-0.2, 0) is 0 Å². The summed E-state index contributed by atoms with van der Waals surface area (Å²) < 4.78 is 13.9. The summed E-state index contributed by atoms with van der Waals surface area (Å²) in [5, 5.41) is 9.97. The minimum Gasteiger partial charge on any atom is -0.235 e. The fraction of sp³-hybridized carbons (Fsp3) is 0. The number of aromatic nitrogens is 1. The Morgan fingerprint density at radius 1 is 1.15 bits per heavy atom. The molecule has 0 radical (unpaired) electrons. The summed E-state index contributed by atoms with van der Waals surface area (Å²) in [6, 6.07) is 15.9. The van der Waals surface area contributed by atoms with E-state index in [0.717, 1.165) is 15.8 Å². The van der Waals surface area contributed by atoms with Gasteiger partial charge in [0.25, 0.3) is 0 Å². The van der Waals surface area contributed by atoms with E-state index in [-0.39, 0.29) is 5.82 Å². The summed E-state index contributed by atoms with van der Waals surface area (Å²) in [4.78, 5) is 4.45. The van der Waals surface area contributed by atoms with Crippen LogP contribution in [0.2, 0.25) is 0 Å². The van der Waals surface area contributed by atoms with Crippen LogP contribution in [-0.4, -0.2) is 4.98 Å². The summed E-state index contributed by atoms with van der Waals surface area (Å²) in [5.41, 5.74) is 2.15. The molecule has 0 aliphatic rings. The van der Waals surface area contributed by atoms with Crippen molar-refractivity contribution >= 4 is 33.2 Å². The Morgan fingerprint density at radius 2 is 1.90 bits per heavy atom. The maximum atomic E-state index is 12.9. The van der Waals surface area contributed by atoms with Gasteiger partial charge in [-0.05, 0) is 35.9 Å². The molecule has 0 spiro atoms. The number of allylic oxidation sites excluding steroid dienone is 1. The highest BCUT2D eigenvalue weighted by Gasteiger charge is 2.08. The first-order chi connectivity index (χ1) is 9.76. The Balaban J connectivity index is 2.05. The average Bonchev–Trinajstić information content (AvgIpc) is 2.90. The van der Waals surface area contributed by atoms with Crippen molar-refractivity contribution in [1.82, 2.24) is 4.98 Å². The number of fused-ring (bicyclic) bond motifs is 1. The second kappa shape index (κ2) is 5.24. The van der Waals surface area contributed by atoms with Crippen LogP contribution >= 0.6 is 11.3 Å². The second-order valence-corrected chi connectivity index (χ2v) is 5.24. The molecule has 0 aliphatic carbocycles. The molecular formula is C16H9FN2S. The van der Waals surface area contributed by atoms with E-state index >= 15 is 0 Å². The molecule has 4 heteroatoms. The van der Waals surface area contributed by atoms with Crippen molar-refractivity contribution in [3.63, 3.8) is 0 Å². The SMILES string of the molecule is N#CC(=Cc1ccc(F)cc1)c1nc2ccccc2s1. The molecule has 0 saturated heterocycles. The smallest absolute Gasteiger partial charge is 0.135 e. The first-order valence-corrected chi connectivity index (χ1v) is 6.81. The van der Waals surface area contributed by atoms with Crippen LogP contribution in [0, 0.1) is 17.1 Å². The van der Waals surface area contributed by atoms with Gasteiger partial charge in [0.15, 0.2) is 0 Å². The Morgan fingerprint density at radius 3 is 2.60 bits per heavy atom. The third kappa shape index (κ3) is 2.44. The lowest BCUT2D eigenvalue weighted by molar-refractivity contribution is 0.628. The zero-order valence-electron chi connectivity index (χ0n) is 10.4. The van der Waals surface area contributed by atoms with Gasteiger partial charge >= 0.3 is 0 Å². The molecule has 0 amide bonds. The zero-order chi connectivity index (χ0) is 13.9. The van der Waals surface area contributed by atoms with Crippen molar-refractivity contribution in [1.29, 1.82) is 5.26 Å². The number of thiazole rings is 1. The first kappa shape index (κ1) is 12.5. The summed E-state index contributed by atoms with van der Waals surface area (Å²) in [5.74, 6) is -0.291. The van der Waals surface area contributed by atoms with E-state index < -0.39 is 0 Å². The summed E-state index contributed by atoms with van der Waals surface area (Å²) >= 11 is 1.48. The normalized spacial score (nSPS) is 11.5. The van der Waals surface area contributed by atoms with Gasteiger partial charge in [0, 0.05) is 0 Å². The monoisotopic (exact) mass is 280 g/mol. The van der Waals surface area contributed by atoms with Gasteiger partial charge in [-0.2, -0.15) is 5.26 Å². The van der Waals surface area contributed by atoms with Crippen LogP contribution in [0.5, 0.6) is 0 Å². The molecule has 3 aromatic rings. The molecule has 0 bridgehead atoms. The van der Waals surface area contributed by atoms with Gasteiger partial charge in [-0.15, -0.1) is 11.3 Å². The third-order valence-corrected chi connectivity index (χ3v) is 3.90. The summed E-state index contributed by atoms with van der Waals surface area (Å²) in [6.45, 7) is 0. The Bertz CT molecular complexity index is 793. The molecular weight excluding hydrogens is 271 g/mol. The van der Waals surface area contributed by atoms with Gasteiger partial charge in [0.2, 0.25) is 0 Å². The van der Waals surface area contributed by atoms with E-state index in [0.29, 0.717) is 10.6 Å². The lowest BCUT2D eigenvalue weighted by Gasteiger charge is -1.95. The molecule has 1 heterocycles. The lowest BCUT2D eigenvalue weighted by atomic mass is 10.1. The predicted molar refractivity (Wildman–Crippen MR) is 79.5 cm³/mol. The highest BCUT2D eigenvalue weighted by Crippen LogP contribution is 2.27. The predicted octanol–water partition coefficient (Wildman–Crippen LogP) is 4.50. The van der Waals surface area contributed by atoms with Crippen LogP contribution in [0.4, 0.5) is 4.39 Å². The van der Waals surface area contributed by atoms with Crippen LogP contribution in [0.1, 0.15) is 10.6 Å². The molecule has 2 nitrogen and oxygen atoms in total. The molecule has 0 atom stereocenters. The molecule has 0 N–H and O–H groups in total. The van der Waals surface area contributed by atoms with Crippen LogP contribution < -0.4 is 0 Å². The number of rotatable bonds is 2. The maximum absolute atomic E-state index is 12.9. The molecule has 0 fully saturated rings. The number of halogens is 1. The zero-order valence-corrected chi connectivity index (χ0v) is 11.2. The minimum absolute atomic E-state index is 0.291. The molecule has 2 aromatic carbocycles. The number of hydrogen-bond donors (Lipinski definition) is 0. The Hall–Kier alpha value is -2.51.